The van der Waals surface area contributed by atoms with Gasteiger partial charge in [0.2, 0.25) is 10.0 Å². The highest BCUT2D eigenvalue weighted by Gasteiger charge is 2.20. The van der Waals surface area contributed by atoms with Gasteiger partial charge in [0.1, 0.15) is 5.82 Å². The Balaban J connectivity index is 2.30. The number of aromatic nitrogens is 1. The van der Waals surface area contributed by atoms with Crippen molar-refractivity contribution in [3.63, 3.8) is 0 Å². The maximum Gasteiger partial charge on any atom is 0.241 e. The third-order valence-electron chi connectivity index (χ3n) is 3.19. The summed E-state index contributed by atoms with van der Waals surface area (Å²) in [6.07, 6.45) is 1.85. The van der Waals surface area contributed by atoms with Crippen molar-refractivity contribution in [1.82, 2.24) is 9.29 Å². The van der Waals surface area contributed by atoms with Crippen LogP contribution in [-0.4, -0.2) is 13.0 Å². The van der Waals surface area contributed by atoms with Crippen molar-refractivity contribution in [1.29, 1.82) is 0 Å². The molecular formula is C14H17FN2O2S. The highest BCUT2D eigenvalue weighted by atomic mass is 32.2. The molecule has 6 heteroatoms. The Kier molecular flexibility index (Phi) is 3.96. The van der Waals surface area contributed by atoms with Gasteiger partial charge in [-0.05, 0) is 49.2 Å². The van der Waals surface area contributed by atoms with Crippen LogP contribution in [0.2, 0.25) is 0 Å². The summed E-state index contributed by atoms with van der Waals surface area (Å²) < 4.78 is 42.3. The zero-order valence-electron chi connectivity index (χ0n) is 11.6. The van der Waals surface area contributed by atoms with Crippen LogP contribution in [0, 0.1) is 19.7 Å². The van der Waals surface area contributed by atoms with Gasteiger partial charge >= 0.3 is 0 Å². The quantitative estimate of drug-likeness (QED) is 0.941. The molecule has 0 spiro atoms. The zero-order chi connectivity index (χ0) is 14.9. The van der Waals surface area contributed by atoms with E-state index in [1.807, 2.05) is 29.9 Å². The van der Waals surface area contributed by atoms with E-state index < -0.39 is 15.8 Å². The summed E-state index contributed by atoms with van der Waals surface area (Å²) in [5.41, 5.74) is 1.66. The average molecular weight is 296 g/mol. The summed E-state index contributed by atoms with van der Waals surface area (Å²) in [6.45, 7) is 3.38. The third-order valence-corrected chi connectivity index (χ3v) is 4.89. The largest absolute Gasteiger partial charge is 0.353 e. The Morgan fingerprint density at radius 3 is 2.35 bits per heavy atom. The zero-order valence-corrected chi connectivity index (χ0v) is 12.5. The average Bonchev–Trinajstić information content (AvgIpc) is 2.70. The predicted octanol–water partition coefficient (Wildman–Crippen LogP) is 2.26. The summed E-state index contributed by atoms with van der Waals surface area (Å²) in [5.74, 6) is -0.429. The van der Waals surface area contributed by atoms with Gasteiger partial charge in [0.05, 0.1) is 11.4 Å². The Morgan fingerprint density at radius 2 is 1.85 bits per heavy atom. The van der Waals surface area contributed by atoms with Crippen molar-refractivity contribution in [3.8, 4) is 0 Å². The van der Waals surface area contributed by atoms with Gasteiger partial charge in [-0.1, -0.05) is 0 Å². The van der Waals surface area contributed by atoms with Crippen LogP contribution in [0.15, 0.2) is 35.4 Å². The molecule has 0 atom stereocenters. The smallest absolute Gasteiger partial charge is 0.241 e. The van der Waals surface area contributed by atoms with Crippen molar-refractivity contribution in [2.24, 2.45) is 7.05 Å². The van der Waals surface area contributed by atoms with Gasteiger partial charge in [0, 0.05) is 18.9 Å². The van der Waals surface area contributed by atoms with E-state index >= 15 is 0 Å². The fourth-order valence-corrected chi connectivity index (χ4v) is 3.69. The van der Waals surface area contributed by atoms with E-state index in [0.717, 1.165) is 5.69 Å². The molecule has 1 aromatic heterocycles. The van der Waals surface area contributed by atoms with Gasteiger partial charge < -0.3 is 4.57 Å². The van der Waals surface area contributed by atoms with Gasteiger partial charge in [0.15, 0.2) is 0 Å². The minimum Gasteiger partial charge on any atom is -0.353 e. The Bertz CT molecular complexity index is 712. The number of benzene rings is 1. The molecule has 4 nitrogen and oxygen atoms in total. The molecule has 2 aromatic rings. The number of rotatable bonds is 4. The second kappa shape index (κ2) is 5.38. The fraction of sp³-hybridized carbons (Fsp3) is 0.286. The van der Waals surface area contributed by atoms with Gasteiger partial charge in [-0.2, -0.15) is 0 Å². The highest BCUT2D eigenvalue weighted by molar-refractivity contribution is 7.89. The molecule has 0 amide bonds. The molecule has 1 N–H and O–H groups in total. The summed E-state index contributed by atoms with van der Waals surface area (Å²) >= 11 is 0. The van der Waals surface area contributed by atoms with Crippen LogP contribution in [0.5, 0.6) is 0 Å². The van der Waals surface area contributed by atoms with E-state index in [9.17, 15) is 12.8 Å². The molecule has 0 aliphatic carbocycles. The number of hydrogen-bond donors (Lipinski definition) is 1. The van der Waals surface area contributed by atoms with Crippen LogP contribution in [0.25, 0.3) is 0 Å². The van der Waals surface area contributed by atoms with Crippen LogP contribution in [0.4, 0.5) is 4.39 Å². The first-order valence-corrected chi connectivity index (χ1v) is 7.66. The lowest BCUT2D eigenvalue weighted by Crippen LogP contribution is -2.25. The predicted molar refractivity (Wildman–Crippen MR) is 75.3 cm³/mol. The number of nitrogens with one attached hydrogen (secondary N) is 1. The molecule has 1 aromatic carbocycles. The fourth-order valence-electron chi connectivity index (χ4n) is 2.24. The third kappa shape index (κ3) is 2.91. The molecule has 0 saturated carbocycles. The van der Waals surface area contributed by atoms with Crippen molar-refractivity contribution < 1.29 is 12.8 Å². The van der Waals surface area contributed by atoms with Crippen LogP contribution in [-0.2, 0) is 23.6 Å². The molecule has 1 heterocycles. The molecule has 0 bridgehead atoms. The minimum atomic E-state index is -3.66. The summed E-state index contributed by atoms with van der Waals surface area (Å²) in [7, 11) is -1.82. The van der Waals surface area contributed by atoms with Gasteiger partial charge in [-0.3, -0.25) is 0 Å². The first-order chi connectivity index (χ1) is 9.31. The van der Waals surface area contributed by atoms with Crippen molar-refractivity contribution in [2.75, 3.05) is 0 Å². The van der Waals surface area contributed by atoms with Crippen LogP contribution in [0.1, 0.15) is 16.8 Å². The normalized spacial score (nSPS) is 11.8. The van der Waals surface area contributed by atoms with Crippen LogP contribution >= 0.6 is 0 Å². The van der Waals surface area contributed by atoms with Crippen LogP contribution < -0.4 is 4.72 Å². The molecule has 108 valence electrons. The first-order valence-electron chi connectivity index (χ1n) is 6.18. The molecule has 0 saturated heterocycles. The van der Waals surface area contributed by atoms with Crippen molar-refractivity contribution >= 4 is 10.0 Å². The van der Waals surface area contributed by atoms with E-state index in [4.69, 9.17) is 0 Å². The van der Waals surface area contributed by atoms with Crippen molar-refractivity contribution in [3.05, 3.63) is 53.1 Å². The lowest BCUT2D eigenvalue weighted by atomic mass is 10.1. The minimum absolute atomic E-state index is 0.146. The molecule has 0 radical (unpaired) electrons. The number of sulfonamides is 1. The van der Waals surface area contributed by atoms with Gasteiger partial charge in [-0.15, -0.1) is 0 Å². The van der Waals surface area contributed by atoms with Crippen molar-refractivity contribution in [2.45, 2.75) is 25.3 Å². The first kappa shape index (κ1) is 14.7. The number of hydrogen-bond acceptors (Lipinski definition) is 2. The standard InChI is InChI=1S/C14H17FN2O2S/c1-10-7-12(15)8-11(2)14(10)20(18,19)16-9-13-5-4-6-17(13)3/h4-8,16H,9H2,1-3H3. The summed E-state index contributed by atoms with van der Waals surface area (Å²) in [4.78, 5) is 0.146. The summed E-state index contributed by atoms with van der Waals surface area (Å²) in [5, 5.41) is 0. The van der Waals surface area contributed by atoms with Gasteiger partial charge in [-0.25, -0.2) is 17.5 Å². The van der Waals surface area contributed by atoms with E-state index in [2.05, 4.69) is 4.72 Å². The topological polar surface area (TPSA) is 51.1 Å². The molecule has 0 aliphatic rings. The number of nitrogens with zero attached hydrogens (tertiary/aromatic N) is 1. The monoisotopic (exact) mass is 296 g/mol. The lowest BCUT2D eigenvalue weighted by Gasteiger charge is -2.12. The molecule has 0 unspecified atom stereocenters. The van der Waals surface area contributed by atoms with Gasteiger partial charge in [0.25, 0.3) is 0 Å². The number of aryl methyl sites for hydroxylation is 3. The SMILES string of the molecule is Cc1cc(F)cc(C)c1S(=O)(=O)NCc1cccn1C. The van der Waals surface area contributed by atoms with Crippen LogP contribution in [0.3, 0.4) is 0 Å². The second-order valence-corrected chi connectivity index (χ2v) is 6.51. The summed E-state index contributed by atoms with van der Waals surface area (Å²) in [6, 6.07) is 6.14. The molecule has 2 rings (SSSR count). The Morgan fingerprint density at radius 1 is 1.25 bits per heavy atom. The molecule has 0 aliphatic heterocycles. The number of halogens is 1. The Hall–Kier alpha value is -1.66. The maximum absolute atomic E-state index is 13.2. The molecule has 0 fully saturated rings. The lowest BCUT2D eigenvalue weighted by molar-refractivity contribution is 0.576. The van der Waals surface area contributed by atoms with E-state index in [0.29, 0.717) is 11.1 Å². The molecule has 20 heavy (non-hydrogen) atoms. The van der Waals surface area contributed by atoms with E-state index in [1.54, 1.807) is 13.8 Å². The second-order valence-electron chi connectivity index (χ2n) is 4.80. The Labute approximate surface area is 118 Å². The van der Waals surface area contributed by atoms with E-state index in [-0.39, 0.29) is 11.4 Å². The van der Waals surface area contributed by atoms with E-state index in [1.165, 1.54) is 12.1 Å². The molecular weight excluding hydrogens is 279 g/mol. The maximum atomic E-state index is 13.2. The highest BCUT2D eigenvalue weighted by Crippen LogP contribution is 2.21.